The Kier molecular flexibility index (Phi) is 4.18. The van der Waals surface area contributed by atoms with Crippen molar-refractivity contribution < 1.29 is 4.79 Å². The van der Waals surface area contributed by atoms with E-state index in [1.165, 1.54) is 6.92 Å². The van der Waals surface area contributed by atoms with Crippen molar-refractivity contribution in [3.8, 4) is 5.69 Å². The van der Waals surface area contributed by atoms with Gasteiger partial charge in [-0.3, -0.25) is 4.79 Å². The number of para-hydroxylation sites is 1. The average Bonchev–Trinajstić information content (AvgIpc) is 3.18. The van der Waals surface area contributed by atoms with Gasteiger partial charge >= 0.3 is 0 Å². The molecule has 0 aliphatic heterocycles. The summed E-state index contributed by atoms with van der Waals surface area (Å²) in [4.78, 5) is 12.8. The van der Waals surface area contributed by atoms with Crippen molar-refractivity contribution in [3.63, 3.8) is 0 Å². The molecule has 0 unspecified atom stereocenters. The fourth-order valence-electron chi connectivity index (χ4n) is 2.19. The summed E-state index contributed by atoms with van der Waals surface area (Å²) in [5.41, 5.74) is 2.81. The van der Waals surface area contributed by atoms with Crippen molar-refractivity contribution in [1.29, 1.82) is 0 Å². The minimum absolute atomic E-state index is 0.00341. The Balaban J connectivity index is 1.68. The van der Waals surface area contributed by atoms with E-state index in [1.54, 1.807) is 16.6 Å². The van der Waals surface area contributed by atoms with Gasteiger partial charge in [-0.1, -0.05) is 23.4 Å². The molecule has 0 aliphatic carbocycles. The van der Waals surface area contributed by atoms with Gasteiger partial charge in [-0.05, 0) is 12.1 Å². The molecule has 3 rings (SSSR count). The van der Waals surface area contributed by atoms with E-state index in [-0.39, 0.29) is 5.91 Å². The summed E-state index contributed by atoms with van der Waals surface area (Å²) in [6.45, 7) is 2.57. The highest BCUT2D eigenvalue weighted by Crippen LogP contribution is 2.09. The standard InChI is InChI=1S/C16H18N6O/c1-13(23)20(2)11-15-12-21(19-18-15)9-14-8-17-22(10-14)16-6-4-3-5-7-16/h3-8,10,12H,9,11H2,1-2H3. The van der Waals surface area contributed by atoms with Crippen LogP contribution in [0.5, 0.6) is 0 Å². The maximum Gasteiger partial charge on any atom is 0.219 e. The first-order valence-corrected chi connectivity index (χ1v) is 7.31. The highest BCUT2D eigenvalue weighted by atomic mass is 16.2. The quantitative estimate of drug-likeness (QED) is 0.716. The lowest BCUT2D eigenvalue weighted by Crippen LogP contribution is -2.23. The smallest absolute Gasteiger partial charge is 0.219 e. The molecule has 0 radical (unpaired) electrons. The third-order valence-electron chi connectivity index (χ3n) is 3.52. The molecule has 0 saturated carbocycles. The molecule has 0 aliphatic rings. The summed E-state index contributed by atoms with van der Waals surface area (Å²) < 4.78 is 3.58. The third kappa shape index (κ3) is 3.63. The van der Waals surface area contributed by atoms with Crippen molar-refractivity contribution >= 4 is 5.91 Å². The second-order valence-electron chi connectivity index (χ2n) is 5.41. The van der Waals surface area contributed by atoms with Crippen LogP contribution < -0.4 is 0 Å². The Hall–Kier alpha value is -2.96. The Labute approximate surface area is 134 Å². The molecule has 0 atom stereocenters. The zero-order chi connectivity index (χ0) is 16.2. The van der Waals surface area contributed by atoms with Crippen molar-refractivity contribution in [2.24, 2.45) is 0 Å². The number of rotatable bonds is 5. The number of aromatic nitrogens is 5. The van der Waals surface area contributed by atoms with Gasteiger partial charge in [-0.25, -0.2) is 9.36 Å². The minimum Gasteiger partial charge on any atom is -0.340 e. The third-order valence-corrected chi connectivity index (χ3v) is 3.52. The SMILES string of the molecule is CC(=O)N(C)Cc1cn(Cc2cnn(-c3ccccc3)c2)nn1. The van der Waals surface area contributed by atoms with Gasteiger partial charge in [0, 0.05) is 25.7 Å². The molecule has 2 heterocycles. The molecule has 118 valence electrons. The van der Waals surface area contributed by atoms with Crippen LogP contribution in [-0.4, -0.2) is 42.6 Å². The lowest BCUT2D eigenvalue weighted by atomic mass is 10.3. The molecule has 1 amide bonds. The van der Waals surface area contributed by atoms with E-state index < -0.39 is 0 Å². The summed E-state index contributed by atoms with van der Waals surface area (Å²) in [6, 6.07) is 9.94. The number of benzene rings is 1. The van der Waals surface area contributed by atoms with Crippen LogP contribution in [0.1, 0.15) is 18.2 Å². The summed E-state index contributed by atoms with van der Waals surface area (Å²) in [6.07, 6.45) is 5.63. The summed E-state index contributed by atoms with van der Waals surface area (Å²) >= 11 is 0. The number of carbonyl (C=O) groups excluding carboxylic acids is 1. The van der Waals surface area contributed by atoms with Crippen LogP contribution in [-0.2, 0) is 17.9 Å². The first-order valence-electron chi connectivity index (χ1n) is 7.31. The second-order valence-corrected chi connectivity index (χ2v) is 5.41. The average molecular weight is 310 g/mol. The Morgan fingerprint density at radius 2 is 2.00 bits per heavy atom. The van der Waals surface area contributed by atoms with Crippen molar-refractivity contribution in [2.75, 3.05) is 7.05 Å². The van der Waals surface area contributed by atoms with Crippen LogP contribution >= 0.6 is 0 Å². The number of carbonyl (C=O) groups is 1. The molecule has 0 spiro atoms. The van der Waals surface area contributed by atoms with Crippen molar-refractivity contribution in [3.05, 3.63) is 60.2 Å². The highest BCUT2D eigenvalue weighted by Gasteiger charge is 2.08. The predicted octanol–water partition coefficient (Wildman–Crippen LogP) is 1.49. The molecule has 0 fully saturated rings. The maximum atomic E-state index is 11.2. The second kappa shape index (κ2) is 6.43. The van der Waals surface area contributed by atoms with Gasteiger partial charge in [0.1, 0.15) is 5.69 Å². The predicted molar refractivity (Wildman–Crippen MR) is 84.8 cm³/mol. The lowest BCUT2D eigenvalue weighted by molar-refractivity contribution is -0.128. The van der Waals surface area contributed by atoms with E-state index in [0.717, 1.165) is 16.9 Å². The van der Waals surface area contributed by atoms with Gasteiger partial charge in [0.25, 0.3) is 0 Å². The van der Waals surface area contributed by atoms with E-state index in [1.807, 2.05) is 53.6 Å². The monoisotopic (exact) mass is 310 g/mol. The zero-order valence-electron chi connectivity index (χ0n) is 13.1. The molecule has 0 N–H and O–H groups in total. The molecular weight excluding hydrogens is 292 g/mol. The number of nitrogens with zero attached hydrogens (tertiary/aromatic N) is 6. The Morgan fingerprint density at radius 1 is 1.22 bits per heavy atom. The topological polar surface area (TPSA) is 68.8 Å². The number of hydrogen-bond donors (Lipinski definition) is 0. The van der Waals surface area contributed by atoms with E-state index in [9.17, 15) is 4.79 Å². The van der Waals surface area contributed by atoms with Crippen LogP contribution in [0.15, 0.2) is 48.9 Å². The normalized spacial score (nSPS) is 10.7. The van der Waals surface area contributed by atoms with Crippen molar-refractivity contribution in [2.45, 2.75) is 20.0 Å². The van der Waals surface area contributed by atoms with Gasteiger partial charge in [0.2, 0.25) is 5.91 Å². The zero-order valence-corrected chi connectivity index (χ0v) is 13.1. The molecule has 7 heteroatoms. The van der Waals surface area contributed by atoms with Gasteiger partial charge in [0.05, 0.1) is 31.2 Å². The number of amides is 1. The first-order chi connectivity index (χ1) is 11.1. The fourth-order valence-corrected chi connectivity index (χ4v) is 2.19. The van der Waals surface area contributed by atoms with Gasteiger partial charge < -0.3 is 4.90 Å². The van der Waals surface area contributed by atoms with Gasteiger partial charge in [-0.15, -0.1) is 5.10 Å². The first kappa shape index (κ1) is 15.0. The maximum absolute atomic E-state index is 11.2. The molecule has 0 saturated heterocycles. The van der Waals surface area contributed by atoms with E-state index in [2.05, 4.69) is 15.4 Å². The Morgan fingerprint density at radius 3 is 2.74 bits per heavy atom. The summed E-state index contributed by atoms with van der Waals surface area (Å²) in [5, 5.41) is 12.6. The molecule has 0 bridgehead atoms. The minimum atomic E-state index is 0.00341. The largest absolute Gasteiger partial charge is 0.340 e. The summed E-state index contributed by atoms with van der Waals surface area (Å²) in [7, 11) is 1.74. The molecule has 2 aromatic heterocycles. The van der Waals surface area contributed by atoms with Gasteiger partial charge in [0.15, 0.2) is 0 Å². The summed E-state index contributed by atoms with van der Waals surface area (Å²) in [5.74, 6) is 0.00341. The highest BCUT2D eigenvalue weighted by molar-refractivity contribution is 5.72. The van der Waals surface area contributed by atoms with Gasteiger partial charge in [-0.2, -0.15) is 5.10 Å². The number of hydrogen-bond acceptors (Lipinski definition) is 4. The van der Waals surface area contributed by atoms with Crippen LogP contribution in [0.25, 0.3) is 5.69 Å². The molecule has 23 heavy (non-hydrogen) atoms. The molecule has 3 aromatic rings. The van der Waals surface area contributed by atoms with E-state index in [4.69, 9.17) is 0 Å². The van der Waals surface area contributed by atoms with Crippen LogP contribution in [0, 0.1) is 0 Å². The van der Waals surface area contributed by atoms with Crippen LogP contribution in [0.3, 0.4) is 0 Å². The molecular formula is C16H18N6O. The molecule has 7 nitrogen and oxygen atoms in total. The van der Waals surface area contributed by atoms with Crippen LogP contribution in [0.2, 0.25) is 0 Å². The van der Waals surface area contributed by atoms with E-state index >= 15 is 0 Å². The van der Waals surface area contributed by atoms with Crippen LogP contribution in [0.4, 0.5) is 0 Å². The van der Waals surface area contributed by atoms with Crippen molar-refractivity contribution in [1.82, 2.24) is 29.7 Å². The Bertz CT molecular complexity index is 792. The lowest BCUT2D eigenvalue weighted by Gasteiger charge is -2.11. The fraction of sp³-hybridized carbons (Fsp3) is 0.250. The molecule has 1 aromatic carbocycles. The van der Waals surface area contributed by atoms with E-state index in [0.29, 0.717) is 13.1 Å².